The fraction of sp³-hybridized carbons (Fsp3) is 0.556. The average Bonchev–Trinajstić information content (AvgIpc) is 2.57. The van der Waals surface area contributed by atoms with E-state index in [9.17, 15) is 23.1 Å². The molecule has 1 aliphatic heterocycles. The van der Waals surface area contributed by atoms with Crippen molar-refractivity contribution in [3.8, 4) is 0 Å². The summed E-state index contributed by atoms with van der Waals surface area (Å²) in [4.78, 5) is 10.7. The molecule has 0 aromatic carbocycles. The van der Waals surface area contributed by atoms with E-state index in [1.165, 1.54) is 0 Å². The number of aromatic carboxylic acids is 1. The van der Waals surface area contributed by atoms with Gasteiger partial charge in [-0.05, 0) is 13.3 Å². The quantitative estimate of drug-likeness (QED) is 0.788. The first-order valence-corrected chi connectivity index (χ1v) is 4.93. The zero-order chi connectivity index (χ0) is 12.8. The molecule has 5 nitrogen and oxygen atoms in total. The van der Waals surface area contributed by atoms with E-state index in [2.05, 4.69) is 10.4 Å². The molecule has 1 N–H and O–H groups in total. The summed E-state index contributed by atoms with van der Waals surface area (Å²) in [6, 6.07) is -2.29. The van der Waals surface area contributed by atoms with Gasteiger partial charge in [0.1, 0.15) is 5.82 Å². The summed E-state index contributed by atoms with van der Waals surface area (Å²) in [5, 5.41) is 16.9. The Morgan fingerprint density at radius 3 is 2.82 bits per heavy atom. The second kappa shape index (κ2) is 3.64. The smallest absolute Gasteiger partial charge is 0.410 e. The van der Waals surface area contributed by atoms with Crippen LogP contribution in [0, 0.1) is 0 Å². The van der Waals surface area contributed by atoms with E-state index >= 15 is 0 Å². The number of carboxylic acid groups (broad SMARTS) is 1. The third kappa shape index (κ3) is 1.94. The normalized spacial score (nSPS) is 24.0. The topological polar surface area (TPSA) is 70.0 Å². The first kappa shape index (κ1) is 11.7. The second-order valence-electron chi connectivity index (χ2n) is 3.98. The highest BCUT2D eigenvalue weighted by molar-refractivity contribution is 5.91. The molecule has 0 radical (unpaired) electrons. The van der Waals surface area contributed by atoms with E-state index in [1.54, 1.807) is 6.92 Å². The highest BCUT2D eigenvalue weighted by atomic mass is 19.4. The molecule has 1 aromatic rings. The Kier molecular flexibility index (Phi) is 2.52. The van der Waals surface area contributed by atoms with Gasteiger partial charge in [0.05, 0.1) is 17.7 Å². The Morgan fingerprint density at radius 2 is 2.29 bits per heavy atom. The Balaban J connectivity index is 2.49. The Labute approximate surface area is 94.2 Å². The maximum absolute atomic E-state index is 12.8. The fourth-order valence-electron chi connectivity index (χ4n) is 1.89. The number of rotatable bonds is 1. The second-order valence-corrected chi connectivity index (χ2v) is 3.98. The number of hydrogen-bond donors (Lipinski definition) is 1. The number of alkyl halides is 3. The lowest BCUT2D eigenvalue weighted by atomic mass is 10.1. The van der Waals surface area contributed by atoms with Crippen molar-refractivity contribution in [2.45, 2.75) is 31.6 Å². The highest BCUT2D eigenvalue weighted by Gasteiger charge is 2.45. The van der Waals surface area contributed by atoms with Gasteiger partial charge in [-0.3, -0.25) is 0 Å². The van der Waals surface area contributed by atoms with Gasteiger partial charge in [0, 0.05) is 6.04 Å². The number of anilines is 1. The number of aromatic nitrogens is 2. The SMILES string of the molecule is C[C@@H]1C[C@@H](C(F)(F)F)n2ncc(C(=O)[O-])c2N1. The molecule has 0 bridgehead atoms. The fourth-order valence-corrected chi connectivity index (χ4v) is 1.89. The molecular weight excluding hydrogens is 239 g/mol. The predicted molar refractivity (Wildman–Crippen MR) is 49.4 cm³/mol. The molecule has 0 spiro atoms. The van der Waals surface area contributed by atoms with Crippen molar-refractivity contribution in [3.05, 3.63) is 11.8 Å². The molecule has 2 heterocycles. The molecule has 2 rings (SSSR count). The summed E-state index contributed by atoms with van der Waals surface area (Å²) >= 11 is 0. The third-order valence-corrected chi connectivity index (χ3v) is 2.65. The van der Waals surface area contributed by atoms with Crippen LogP contribution >= 0.6 is 0 Å². The van der Waals surface area contributed by atoms with Crippen LogP contribution in [0.2, 0.25) is 0 Å². The van der Waals surface area contributed by atoms with Crippen LogP contribution in [-0.2, 0) is 0 Å². The Hall–Kier alpha value is -1.73. The minimum Gasteiger partial charge on any atom is -0.545 e. The van der Waals surface area contributed by atoms with Crippen molar-refractivity contribution in [2.24, 2.45) is 0 Å². The monoisotopic (exact) mass is 248 g/mol. The summed E-state index contributed by atoms with van der Waals surface area (Å²) in [5.41, 5.74) is -0.356. The number of nitrogens with zero attached hydrogens (tertiary/aromatic N) is 2. The number of carbonyl (C=O) groups excluding carboxylic acids is 1. The van der Waals surface area contributed by atoms with Gasteiger partial charge < -0.3 is 15.2 Å². The van der Waals surface area contributed by atoms with Gasteiger partial charge in [-0.1, -0.05) is 0 Å². The molecule has 1 aromatic heterocycles. The molecule has 0 saturated heterocycles. The summed E-state index contributed by atoms with van der Waals surface area (Å²) in [7, 11) is 0. The van der Waals surface area contributed by atoms with Crippen molar-refractivity contribution in [1.29, 1.82) is 0 Å². The van der Waals surface area contributed by atoms with Gasteiger partial charge in [0.25, 0.3) is 0 Å². The van der Waals surface area contributed by atoms with Crippen molar-refractivity contribution in [3.63, 3.8) is 0 Å². The Morgan fingerprint density at radius 1 is 1.65 bits per heavy atom. The molecule has 1 aliphatic rings. The number of carboxylic acids is 1. The van der Waals surface area contributed by atoms with Crippen LogP contribution in [0.25, 0.3) is 0 Å². The summed E-state index contributed by atoms with van der Waals surface area (Å²) in [6.45, 7) is 1.55. The number of fused-ring (bicyclic) bond motifs is 1. The van der Waals surface area contributed by atoms with Crippen molar-refractivity contribution >= 4 is 11.8 Å². The van der Waals surface area contributed by atoms with Crippen LogP contribution in [0.3, 0.4) is 0 Å². The third-order valence-electron chi connectivity index (χ3n) is 2.65. The molecule has 0 fully saturated rings. The van der Waals surface area contributed by atoms with Crippen LogP contribution < -0.4 is 10.4 Å². The molecule has 0 saturated carbocycles. The molecule has 94 valence electrons. The van der Waals surface area contributed by atoms with Crippen LogP contribution in [0.1, 0.15) is 29.7 Å². The largest absolute Gasteiger partial charge is 0.545 e. The van der Waals surface area contributed by atoms with Gasteiger partial charge in [-0.25, -0.2) is 4.68 Å². The van der Waals surface area contributed by atoms with Crippen LogP contribution in [0.5, 0.6) is 0 Å². The zero-order valence-corrected chi connectivity index (χ0v) is 8.78. The Bertz CT molecular complexity index is 455. The van der Waals surface area contributed by atoms with E-state index < -0.39 is 24.2 Å². The first-order chi connectivity index (χ1) is 7.80. The maximum Gasteiger partial charge on any atom is 0.410 e. The minimum absolute atomic E-state index is 0.147. The van der Waals surface area contributed by atoms with Crippen molar-refractivity contribution in [2.75, 3.05) is 5.32 Å². The lowest BCUT2D eigenvalue weighted by Gasteiger charge is -2.32. The standard InChI is InChI=1S/C9H10F3N3O2/c1-4-2-6(9(10,11)12)15-7(14-4)5(3-13-15)8(16)17/h3-4,6,14H,2H2,1H3,(H,16,17)/p-1/t4-,6+/m1/s1. The lowest BCUT2D eigenvalue weighted by Crippen LogP contribution is -2.38. The van der Waals surface area contributed by atoms with E-state index in [4.69, 9.17) is 0 Å². The summed E-state index contributed by atoms with van der Waals surface area (Å²) < 4.78 is 38.9. The highest BCUT2D eigenvalue weighted by Crippen LogP contribution is 2.39. The maximum atomic E-state index is 12.8. The van der Waals surface area contributed by atoms with Crippen LogP contribution in [-0.4, -0.2) is 28.0 Å². The van der Waals surface area contributed by atoms with Gasteiger partial charge in [0.15, 0.2) is 6.04 Å². The van der Waals surface area contributed by atoms with E-state index in [-0.39, 0.29) is 17.8 Å². The number of nitrogens with one attached hydrogen (secondary N) is 1. The number of carbonyl (C=O) groups is 1. The summed E-state index contributed by atoms with van der Waals surface area (Å²) in [6.07, 6.45) is -3.78. The lowest BCUT2D eigenvalue weighted by molar-refractivity contribution is -0.255. The van der Waals surface area contributed by atoms with Crippen molar-refractivity contribution < 1.29 is 23.1 Å². The zero-order valence-electron chi connectivity index (χ0n) is 8.78. The van der Waals surface area contributed by atoms with Crippen LogP contribution in [0.15, 0.2) is 6.20 Å². The number of hydrogen-bond acceptors (Lipinski definition) is 4. The first-order valence-electron chi connectivity index (χ1n) is 4.93. The molecule has 0 amide bonds. The van der Waals surface area contributed by atoms with Gasteiger partial charge in [-0.2, -0.15) is 18.3 Å². The van der Waals surface area contributed by atoms with E-state index in [0.29, 0.717) is 4.68 Å². The molecule has 17 heavy (non-hydrogen) atoms. The molecule has 0 unspecified atom stereocenters. The van der Waals surface area contributed by atoms with Crippen LogP contribution in [0.4, 0.5) is 19.0 Å². The molecule has 8 heteroatoms. The van der Waals surface area contributed by atoms with Gasteiger partial charge in [0.2, 0.25) is 0 Å². The minimum atomic E-state index is -4.46. The summed E-state index contributed by atoms with van der Waals surface area (Å²) in [5.74, 6) is -1.69. The van der Waals surface area contributed by atoms with Gasteiger partial charge in [-0.15, -0.1) is 0 Å². The predicted octanol–water partition coefficient (Wildman–Crippen LogP) is 0.554. The van der Waals surface area contributed by atoms with Crippen molar-refractivity contribution in [1.82, 2.24) is 9.78 Å². The molecule has 0 aliphatic carbocycles. The molecular formula is C9H9F3N3O2-. The van der Waals surface area contributed by atoms with Gasteiger partial charge >= 0.3 is 6.18 Å². The molecule has 2 atom stereocenters. The average molecular weight is 248 g/mol. The van der Waals surface area contributed by atoms with E-state index in [0.717, 1.165) is 6.20 Å². The van der Waals surface area contributed by atoms with E-state index in [1.807, 2.05) is 0 Å². The number of halogens is 3.